The molecule has 0 aromatic heterocycles. The van der Waals surface area contributed by atoms with Gasteiger partial charge in [0, 0.05) is 18.7 Å². The first-order valence-electron chi connectivity index (χ1n) is 8.16. The van der Waals surface area contributed by atoms with Gasteiger partial charge in [0.05, 0.1) is 12.0 Å². The van der Waals surface area contributed by atoms with E-state index in [0.29, 0.717) is 25.1 Å². The lowest BCUT2D eigenvalue weighted by Gasteiger charge is -2.20. The van der Waals surface area contributed by atoms with Crippen LogP contribution in [0.5, 0.6) is 0 Å². The summed E-state index contributed by atoms with van der Waals surface area (Å²) in [5, 5.41) is 21.4. The monoisotopic (exact) mass is 333 g/mol. The van der Waals surface area contributed by atoms with E-state index in [1.54, 1.807) is 18.7 Å². The van der Waals surface area contributed by atoms with Crippen LogP contribution in [0, 0.1) is 0 Å². The molecule has 0 rings (SSSR count). The summed E-state index contributed by atoms with van der Waals surface area (Å²) in [5.41, 5.74) is -1.15. The molecule has 1 unspecified atom stereocenters. The van der Waals surface area contributed by atoms with Crippen molar-refractivity contribution in [3.8, 4) is 0 Å². The number of hydrogen-bond acceptors (Lipinski definition) is 4. The van der Waals surface area contributed by atoms with Crippen LogP contribution >= 0.6 is 11.8 Å². The first-order valence-corrected chi connectivity index (χ1v) is 9.31. The summed E-state index contributed by atoms with van der Waals surface area (Å²) in [7, 11) is 0. The molecule has 5 nitrogen and oxygen atoms in total. The number of rotatable bonds is 14. The Morgan fingerprint density at radius 2 is 1.82 bits per heavy atom. The SMILES string of the molecule is CCCCCCCC(=O)NCCSCCC(C)(O)CC(=O)O. The van der Waals surface area contributed by atoms with E-state index in [9.17, 15) is 14.7 Å². The Bertz CT molecular complexity index is 321. The van der Waals surface area contributed by atoms with Crippen LogP contribution in [0.2, 0.25) is 0 Å². The number of aliphatic carboxylic acids is 1. The molecule has 0 fully saturated rings. The maximum Gasteiger partial charge on any atom is 0.306 e. The van der Waals surface area contributed by atoms with E-state index < -0.39 is 11.6 Å². The van der Waals surface area contributed by atoms with Crippen molar-refractivity contribution in [1.82, 2.24) is 5.32 Å². The molecule has 0 aliphatic rings. The number of carboxylic acids is 1. The van der Waals surface area contributed by atoms with E-state index in [0.717, 1.165) is 18.6 Å². The third-order valence-corrected chi connectivity index (χ3v) is 4.38. The fraction of sp³-hybridized carbons (Fsp3) is 0.875. The highest BCUT2D eigenvalue weighted by molar-refractivity contribution is 7.99. The number of thioether (sulfide) groups is 1. The summed E-state index contributed by atoms with van der Waals surface area (Å²) in [6, 6.07) is 0. The van der Waals surface area contributed by atoms with Crippen LogP contribution in [0.25, 0.3) is 0 Å². The Morgan fingerprint density at radius 1 is 1.14 bits per heavy atom. The van der Waals surface area contributed by atoms with Crippen LogP contribution < -0.4 is 5.32 Å². The zero-order chi connectivity index (χ0) is 16.8. The van der Waals surface area contributed by atoms with Gasteiger partial charge >= 0.3 is 5.97 Å². The van der Waals surface area contributed by atoms with Gasteiger partial charge in [0.1, 0.15) is 0 Å². The third kappa shape index (κ3) is 14.2. The van der Waals surface area contributed by atoms with Gasteiger partial charge in [-0.05, 0) is 25.5 Å². The molecule has 1 amide bonds. The van der Waals surface area contributed by atoms with Crippen LogP contribution in [0.1, 0.15) is 65.2 Å². The second kappa shape index (κ2) is 12.8. The van der Waals surface area contributed by atoms with E-state index >= 15 is 0 Å². The van der Waals surface area contributed by atoms with Gasteiger partial charge in [0.15, 0.2) is 0 Å². The number of amides is 1. The van der Waals surface area contributed by atoms with Crippen LogP contribution in [-0.2, 0) is 9.59 Å². The zero-order valence-corrected chi connectivity index (χ0v) is 14.7. The predicted octanol–water partition coefficient (Wildman–Crippen LogP) is 2.81. The van der Waals surface area contributed by atoms with Gasteiger partial charge in [-0.1, -0.05) is 32.6 Å². The lowest BCUT2D eigenvalue weighted by molar-refractivity contribution is -0.142. The molecule has 0 aromatic rings. The number of unbranched alkanes of at least 4 members (excludes halogenated alkanes) is 4. The van der Waals surface area contributed by atoms with Crippen molar-refractivity contribution >= 4 is 23.6 Å². The van der Waals surface area contributed by atoms with Gasteiger partial charge in [0.2, 0.25) is 5.91 Å². The molecule has 6 heteroatoms. The van der Waals surface area contributed by atoms with Gasteiger partial charge in [-0.15, -0.1) is 0 Å². The lowest BCUT2D eigenvalue weighted by atomic mass is 10.00. The number of carbonyl (C=O) groups excluding carboxylic acids is 1. The minimum Gasteiger partial charge on any atom is -0.481 e. The normalized spacial score (nSPS) is 13.6. The second-order valence-electron chi connectivity index (χ2n) is 5.94. The Hall–Kier alpha value is -0.750. The van der Waals surface area contributed by atoms with Crippen LogP contribution in [0.4, 0.5) is 0 Å². The van der Waals surface area contributed by atoms with Crippen LogP contribution in [0.15, 0.2) is 0 Å². The van der Waals surface area contributed by atoms with Crippen molar-refractivity contribution < 1.29 is 19.8 Å². The van der Waals surface area contributed by atoms with Crippen LogP contribution in [-0.4, -0.2) is 45.7 Å². The average molecular weight is 333 g/mol. The summed E-state index contributed by atoms with van der Waals surface area (Å²) in [6.07, 6.45) is 6.54. The van der Waals surface area contributed by atoms with Gasteiger partial charge in [-0.3, -0.25) is 9.59 Å². The van der Waals surface area contributed by atoms with Crippen molar-refractivity contribution in [3.05, 3.63) is 0 Å². The summed E-state index contributed by atoms with van der Waals surface area (Å²) >= 11 is 1.62. The Kier molecular flexibility index (Phi) is 12.3. The van der Waals surface area contributed by atoms with E-state index in [2.05, 4.69) is 12.2 Å². The number of hydrogen-bond donors (Lipinski definition) is 3. The molecule has 0 bridgehead atoms. The molecule has 0 heterocycles. The predicted molar refractivity (Wildman–Crippen MR) is 91.2 cm³/mol. The van der Waals surface area contributed by atoms with Crippen molar-refractivity contribution in [2.45, 2.75) is 70.8 Å². The Balaban J connectivity index is 3.45. The quantitative estimate of drug-likeness (QED) is 0.426. The lowest BCUT2D eigenvalue weighted by Crippen LogP contribution is -2.29. The standard InChI is InChI=1S/C16H31NO4S/c1-3-4-5-6-7-8-14(18)17-10-12-22-11-9-16(2,21)13-15(19)20/h21H,3-13H2,1-2H3,(H,17,18)(H,19,20). The molecule has 3 N–H and O–H groups in total. The third-order valence-electron chi connectivity index (χ3n) is 3.39. The topological polar surface area (TPSA) is 86.6 Å². The summed E-state index contributed by atoms with van der Waals surface area (Å²) < 4.78 is 0. The van der Waals surface area contributed by atoms with Crippen molar-refractivity contribution in [1.29, 1.82) is 0 Å². The van der Waals surface area contributed by atoms with Gasteiger partial charge < -0.3 is 15.5 Å². The van der Waals surface area contributed by atoms with E-state index in [1.807, 2.05) is 0 Å². The first-order chi connectivity index (χ1) is 10.4. The van der Waals surface area contributed by atoms with Crippen molar-refractivity contribution in [2.24, 2.45) is 0 Å². The molecule has 0 radical (unpaired) electrons. The molecule has 0 spiro atoms. The maximum absolute atomic E-state index is 11.6. The molecule has 0 aliphatic carbocycles. The zero-order valence-electron chi connectivity index (χ0n) is 13.9. The molecule has 22 heavy (non-hydrogen) atoms. The molecular formula is C16H31NO4S. The highest BCUT2D eigenvalue weighted by Crippen LogP contribution is 2.17. The Morgan fingerprint density at radius 3 is 2.45 bits per heavy atom. The first kappa shape index (κ1) is 21.2. The smallest absolute Gasteiger partial charge is 0.306 e. The maximum atomic E-state index is 11.6. The number of carbonyl (C=O) groups is 2. The van der Waals surface area contributed by atoms with E-state index in [4.69, 9.17) is 5.11 Å². The Labute approximate surface area is 138 Å². The molecule has 0 aromatic carbocycles. The highest BCUT2D eigenvalue weighted by Gasteiger charge is 2.23. The van der Waals surface area contributed by atoms with Gasteiger partial charge in [0.25, 0.3) is 0 Å². The summed E-state index contributed by atoms with van der Waals surface area (Å²) in [6.45, 7) is 4.34. The largest absolute Gasteiger partial charge is 0.481 e. The number of aliphatic hydroxyl groups is 1. The summed E-state index contributed by atoms with van der Waals surface area (Å²) in [5.74, 6) is 0.592. The van der Waals surface area contributed by atoms with Crippen LogP contribution in [0.3, 0.4) is 0 Å². The fourth-order valence-corrected chi connectivity index (χ4v) is 3.08. The van der Waals surface area contributed by atoms with Crippen molar-refractivity contribution in [2.75, 3.05) is 18.1 Å². The minimum atomic E-state index is -1.15. The molecule has 0 saturated heterocycles. The van der Waals surface area contributed by atoms with Crippen molar-refractivity contribution in [3.63, 3.8) is 0 Å². The molecule has 1 atom stereocenters. The molecule has 0 aliphatic heterocycles. The minimum absolute atomic E-state index is 0.106. The average Bonchev–Trinajstić information content (AvgIpc) is 2.41. The summed E-state index contributed by atoms with van der Waals surface area (Å²) in [4.78, 5) is 22.1. The molecule has 130 valence electrons. The molecule has 0 saturated carbocycles. The van der Waals surface area contributed by atoms with E-state index in [1.165, 1.54) is 19.3 Å². The van der Waals surface area contributed by atoms with Gasteiger partial charge in [-0.25, -0.2) is 0 Å². The molecular weight excluding hydrogens is 302 g/mol. The second-order valence-corrected chi connectivity index (χ2v) is 7.17. The number of nitrogens with one attached hydrogen (secondary N) is 1. The number of carboxylic acid groups (broad SMARTS) is 1. The van der Waals surface area contributed by atoms with E-state index in [-0.39, 0.29) is 12.3 Å². The van der Waals surface area contributed by atoms with Gasteiger partial charge in [-0.2, -0.15) is 11.8 Å². The highest BCUT2D eigenvalue weighted by atomic mass is 32.2. The fourth-order valence-electron chi connectivity index (χ4n) is 2.05.